The second kappa shape index (κ2) is 11.5. The van der Waals surface area contributed by atoms with Crippen LogP contribution in [0.25, 0.3) is 0 Å². The van der Waals surface area contributed by atoms with Crippen molar-refractivity contribution in [2.45, 2.75) is 58.6 Å². The molecule has 186 valence electrons. The predicted octanol–water partition coefficient (Wildman–Crippen LogP) is 1.49. The van der Waals surface area contributed by atoms with Gasteiger partial charge < -0.3 is 24.9 Å². The smallest absolute Gasteiger partial charge is 0.408 e. The molecule has 0 aromatic heterocycles. The molecule has 1 fully saturated rings. The number of nitrogens with one attached hydrogen (secondary N) is 2. The number of hydroxylamine groups is 2. The summed E-state index contributed by atoms with van der Waals surface area (Å²) in [5, 5.41) is 5.61. The molecule has 0 bridgehead atoms. The van der Waals surface area contributed by atoms with Gasteiger partial charge in [0.25, 0.3) is 11.8 Å². The normalized spacial score (nSPS) is 15.4. The van der Waals surface area contributed by atoms with Crippen LogP contribution in [0.1, 0.15) is 46.1 Å². The topological polar surface area (TPSA) is 140 Å². The lowest BCUT2D eigenvalue weighted by atomic mass is 10.0. The highest BCUT2D eigenvalue weighted by molar-refractivity contribution is 6.01. The molecular weight excluding hydrogens is 446 g/mol. The van der Waals surface area contributed by atoms with Crippen LogP contribution >= 0.6 is 0 Å². The third-order valence-electron chi connectivity index (χ3n) is 4.78. The van der Waals surface area contributed by atoms with E-state index in [9.17, 15) is 24.0 Å². The fourth-order valence-electron chi connectivity index (χ4n) is 2.95. The van der Waals surface area contributed by atoms with Gasteiger partial charge in [-0.05, 0) is 38.5 Å². The zero-order chi connectivity index (χ0) is 25.5. The van der Waals surface area contributed by atoms with Gasteiger partial charge in [0.05, 0.1) is 13.0 Å². The van der Waals surface area contributed by atoms with Crippen molar-refractivity contribution < 1.29 is 38.3 Å². The van der Waals surface area contributed by atoms with Gasteiger partial charge >= 0.3 is 12.1 Å². The molecule has 34 heavy (non-hydrogen) atoms. The molecule has 2 rings (SSSR count). The van der Waals surface area contributed by atoms with Crippen molar-refractivity contribution in [3.8, 4) is 5.75 Å². The van der Waals surface area contributed by atoms with Crippen LogP contribution in [0.15, 0.2) is 24.3 Å². The van der Waals surface area contributed by atoms with Crippen LogP contribution in [-0.2, 0) is 35.2 Å². The van der Waals surface area contributed by atoms with E-state index in [0.29, 0.717) is 10.8 Å². The average molecular weight is 478 g/mol. The van der Waals surface area contributed by atoms with Crippen LogP contribution in [0, 0.1) is 5.92 Å². The van der Waals surface area contributed by atoms with Gasteiger partial charge in [0, 0.05) is 25.8 Å². The molecule has 1 aromatic carbocycles. The first-order valence-electron chi connectivity index (χ1n) is 10.9. The Morgan fingerprint density at radius 1 is 1.06 bits per heavy atom. The van der Waals surface area contributed by atoms with E-state index in [1.165, 1.54) is 14.0 Å². The van der Waals surface area contributed by atoms with Gasteiger partial charge in [-0.1, -0.05) is 19.1 Å². The fraction of sp³-hybridized carbons (Fsp3) is 0.522. The Balaban J connectivity index is 2.01. The van der Waals surface area contributed by atoms with E-state index in [2.05, 4.69) is 10.6 Å². The van der Waals surface area contributed by atoms with E-state index in [1.807, 2.05) is 0 Å². The molecule has 0 saturated carbocycles. The van der Waals surface area contributed by atoms with Crippen molar-refractivity contribution in [1.29, 1.82) is 0 Å². The van der Waals surface area contributed by atoms with Crippen molar-refractivity contribution in [1.82, 2.24) is 15.7 Å². The number of carbonyl (C=O) groups excluding carboxylic acids is 5. The summed E-state index contributed by atoms with van der Waals surface area (Å²) in [6, 6.07) is 6.00. The van der Waals surface area contributed by atoms with Crippen molar-refractivity contribution in [2.24, 2.45) is 5.92 Å². The number of alkyl carbamates (subject to hydrolysis) is 1. The molecule has 4 amide bonds. The first kappa shape index (κ1) is 26.6. The Kier molecular flexibility index (Phi) is 8.99. The number of imide groups is 1. The molecular formula is C23H31N3O8. The molecule has 0 aliphatic carbocycles. The van der Waals surface area contributed by atoms with E-state index in [1.54, 1.807) is 45.0 Å². The first-order valence-corrected chi connectivity index (χ1v) is 10.9. The number of hydrogen-bond donors (Lipinski definition) is 2. The molecule has 0 radical (unpaired) electrons. The van der Waals surface area contributed by atoms with Crippen molar-refractivity contribution in [3.63, 3.8) is 0 Å². The molecule has 11 nitrogen and oxygen atoms in total. The molecule has 0 spiro atoms. The number of ether oxygens (including phenoxy) is 2. The summed E-state index contributed by atoms with van der Waals surface area (Å²) >= 11 is 0. The Hall–Kier alpha value is -3.63. The van der Waals surface area contributed by atoms with E-state index in [-0.39, 0.29) is 25.8 Å². The Morgan fingerprint density at radius 2 is 1.65 bits per heavy atom. The van der Waals surface area contributed by atoms with Gasteiger partial charge in [-0.3, -0.25) is 14.4 Å². The minimum absolute atomic E-state index is 0.0133. The monoisotopic (exact) mass is 477 g/mol. The molecule has 1 heterocycles. The zero-order valence-electron chi connectivity index (χ0n) is 20.0. The predicted molar refractivity (Wildman–Crippen MR) is 119 cm³/mol. The summed E-state index contributed by atoms with van der Waals surface area (Å²) in [7, 11) is 1.54. The van der Waals surface area contributed by atoms with Crippen molar-refractivity contribution in [3.05, 3.63) is 29.8 Å². The lowest BCUT2D eigenvalue weighted by Crippen LogP contribution is -2.50. The molecule has 1 aromatic rings. The van der Waals surface area contributed by atoms with Gasteiger partial charge in [-0.2, -0.15) is 0 Å². The number of carbonyl (C=O) groups is 5. The molecule has 11 heteroatoms. The molecule has 1 saturated heterocycles. The molecule has 1 aliphatic heterocycles. The maximum atomic E-state index is 12.9. The Labute approximate surface area is 198 Å². The maximum Gasteiger partial charge on any atom is 0.408 e. The summed E-state index contributed by atoms with van der Waals surface area (Å²) in [6.45, 7) is 6.45. The first-order chi connectivity index (χ1) is 15.9. The number of rotatable bonds is 9. The number of benzene rings is 1. The number of hydrogen-bond acceptors (Lipinski definition) is 8. The van der Waals surface area contributed by atoms with Gasteiger partial charge in [0.15, 0.2) is 0 Å². The molecule has 2 N–H and O–H groups in total. The minimum Gasteiger partial charge on any atom is -0.497 e. The summed E-state index contributed by atoms with van der Waals surface area (Å²) in [4.78, 5) is 65.5. The maximum absolute atomic E-state index is 12.9. The summed E-state index contributed by atoms with van der Waals surface area (Å²) in [6.07, 6.45) is -0.633. The summed E-state index contributed by atoms with van der Waals surface area (Å²) in [5.41, 5.74) is 0.00373. The summed E-state index contributed by atoms with van der Waals surface area (Å²) < 4.78 is 10.4. The number of methoxy groups -OCH3 is 1. The van der Waals surface area contributed by atoms with Crippen LogP contribution in [0.2, 0.25) is 0 Å². The van der Waals surface area contributed by atoms with Crippen LogP contribution in [0.3, 0.4) is 0 Å². The van der Waals surface area contributed by atoms with Gasteiger partial charge in [0.2, 0.25) is 5.91 Å². The highest BCUT2D eigenvalue weighted by Crippen LogP contribution is 2.15. The number of amides is 4. The van der Waals surface area contributed by atoms with Crippen molar-refractivity contribution >= 4 is 29.8 Å². The second-order valence-corrected chi connectivity index (χ2v) is 8.89. The lowest BCUT2D eigenvalue weighted by molar-refractivity contribution is -0.200. The SMILES string of the molecule is COc1ccc(C[C@@H](NC(=O)OC(C)(C)C)C(=O)NC[C@@H](C)C(=O)ON2C(=O)CCC2=O)cc1. The van der Waals surface area contributed by atoms with Gasteiger partial charge in [-0.15, -0.1) is 5.06 Å². The van der Waals surface area contributed by atoms with Crippen LogP contribution in [0.5, 0.6) is 5.75 Å². The molecule has 1 aliphatic rings. The molecule has 0 unspecified atom stereocenters. The van der Waals surface area contributed by atoms with Crippen LogP contribution in [-0.4, -0.2) is 60.1 Å². The van der Waals surface area contributed by atoms with E-state index >= 15 is 0 Å². The Morgan fingerprint density at radius 3 is 2.18 bits per heavy atom. The molecule has 2 atom stereocenters. The quantitative estimate of drug-likeness (QED) is 0.510. The zero-order valence-corrected chi connectivity index (χ0v) is 20.0. The lowest BCUT2D eigenvalue weighted by Gasteiger charge is -2.24. The highest BCUT2D eigenvalue weighted by atomic mass is 16.7. The van der Waals surface area contributed by atoms with E-state index < -0.39 is 47.3 Å². The average Bonchev–Trinajstić information content (AvgIpc) is 3.07. The highest BCUT2D eigenvalue weighted by Gasteiger charge is 2.34. The van der Waals surface area contributed by atoms with E-state index in [0.717, 1.165) is 5.56 Å². The van der Waals surface area contributed by atoms with Crippen LogP contribution in [0.4, 0.5) is 4.79 Å². The fourth-order valence-corrected chi connectivity index (χ4v) is 2.95. The van der Waals surface area contributed by atoms with E-state index in [4.69, 9.17) is 14.3 Å². The van der Waals surface area contributed by atoms with Crippen LogP contribution < -0.4 is 15.4 Å². The Bertz CT molecular complexity index is 907. The van der Waals surface area contributed by atoms with Gasteiger partial charge in [-0.25, -0.2) is 9.59 Å². The second-order valence-electron chi connectivity index (χ2n) is 8.89. The third kappa shape index (κ3) is 8.05. The number of nitrogens with zero attached hydrogens (tertiary/aromatic N) is 1. The summed E-state index contributed by atoms with van der Waals surface area (Å²) in [5.74, 6) is -2.77. The minimum atomic E-state index is -0.992. The largest absolute Gasteiger partial charge is 0.497 e. The van der Waals surface area contributed by atoms with Gasteiger partial charge in [0.1, 0.15) is 17.4 Å². The standard InChI is InChI=1S/C23H31N3O8/c1-14(21(30)34-26-18(27)10-11-19(26)28)13-24-20(29)17(25-22(31)33-23(2,3)4)12-15-6-8-16(32-5)9-7-15/h6-9,14,17H,10-13H2,1-5H3,(H,24,29)(H,25,31)/t14-,17-/m1/s1. The van der Waals surface area contributed by atoms with Crippen molar-refractivity contribution in [2.75, 3.05) is 13.7 Å². The third-order valence-corrected chi connectivity index (χ3v) is 4.78.